The lowest BCUT2D eigenvalue weighted by atomic mass is 10.2. The van der Waals surface area contributed by atoms with Crippen LogP contribution in [0.15, 0.2) is 4.79 Å². The van der Waals surface area contributed by atoms with Gasteiger partial charge in [0.1, 0.15) is 5.69 Å². The molecule has 0 saturated carbocycles. The molecule has 0 aromatic carbocycles. The Labute approximate surface area is 78.8 Å². The van der Waals surface area contributed by atoms with E-state index in [4.69, 9.17) is 12.2 Å². The van der Waals surface area contributed by atoms with Crippen LogP contribution in [-0.2, 0) is 4.74 Å². The van der Waals surface area contributed by atoms with Crippen LogP contribution < -0.4 is 5.56 Å². The lowest BCUT2D eigenvalue weighted by molar-refractivity contribution is 0.0592. The monoisotopic (exact) mass is 200 g/mol. The van der Waals surface area contributed by atoms with Gasteiger partial charge in [0.15, 0.2) is 4.77 Å². The average Bonchev–Trinajstić information content (AvgIpc) is 2.10. The number of methoxy groups -OCH3 is 1. The zero-order chi connectivity index (χ0) is 10.0. The molecule has 0 atom stereocenters. The topological polar surface area (TPSA) is 75.0 Å². The van der Waals surface area contributed by atoms with Gasteiger partial charge < -0.3 is 9.72 Å². The van der Waals surface area contributed by atoms with Gasteiger partial charge in [0.25, 0.3) is 5.56 Å². The van der Waals surface area contributed by atoms with Gasteiger partial charge in [0.05, 0.1) is 7.11 Å². The fourth-order valence-corrected chi connectivity index (χ4v) is 1.05. The van der Waals surface area contributed by atoms with Gasteiger partial charge in [-0.1, -0.05) is 0 Å². The van der Waals surface area contributed by atoms with E-state index in [0.29, 0.717) is 0 Å². The second-order valence-electron chi connectivity index (χ2n) is 2.40. The van der Waals surface area contributed by atoms with E-state index in [1.54, 1.807) is 0 Å². The van der Waals surface area contributed by atoms with Crippen LogP contribution in [0, 0.1) is 11.7 Å². The summed E-state index contributed by atoms with van der Waals surface area (Å²) in [5, 5.41) is 0. The van der Waals surface area contributed by atoms with Crippen LogP contribution in [-0.4, -0.2) is 23.0 Å². The molecule has 0 amide bonds. The minimum absolute atomic E-state index is 0.0938. The summed E-state index contributed by atoms with van der Waals surface area (Å²) in [5.41, 5.74) is -0.0270. The summed E-state index contributed by atoms with van der Waals surface area (Å²) in [4.78, 5) is 27.1. The molecule has 0 fully saturated rings. The summed E-state index contributed by atoms with van der Waals surface area (Å²) in [6.45, 7) is 1.51. The Kier molecular flexibility index (Phi) is 2.62. The Morgan fingerprint density at radius 3 is 2.62 bits per heavy atom. The van der Waals surface area contributed by atoms with Crippen molar-refractivity contribution in [1.29, 1.82) is 0 Å². The number of rotatable bonds is 1. The third-order valence-electron chi connectivity index (χ3n) is 1.57. The number of aromatic amines is 2. The molecule has 0 aliphatic heterocycles. The molecule has 0 spiro atoms. The van der Waals surface area contributed by atoms with Crippen molar-refractivity contribution >= 4 is 18.2 Å². The fraction of sp³-hybridized carbons (Fsp3) is 0.286. The molecule has 0 bridgehead atoms. The Morgan fingerprint density at radius 2 is 2.08 bits per heavy atom. The Hall–Kier alpha value is -1.43. The molecule has 0 unspecified atom stereocenters. The molecule has 0 aliphatic rings. The number of hydrogen-bond donors (Lipinski definition) is 2. The van der Waals surface area contributed by atoms with Crippen molar-refractivity contribution in [3.8, 4) is 0 Å². The largest absolute Gasteiger partial charge is 0.464 e. The van der Waals surface area contributed by atoms with Crippen molar-refractivity contribution in [2.75, 3.05) is 7.11 Å². The minimum atomic E-state index is -0.602. The van der Waals surface area contributed by atoms with E-state index in [9.17, 15) is 9.59 Å². The average molecular weight is 200 g/mol. The SMILES string of the molecule is COC(=O)c1[nH]c(=S)[nH]c(=O)c1C. The molecular formula is C7H8N2O3S. The van der Waals surface area contributed by atoms with Crippen molar-refractivity contribution in [2.24, 2.45) is 0 Å². The van der Waals surface area contributed by atoms with Crippen molar-refractivity contribution in [3.05, 3.63) is 26.4 Å². The summed E-state index contributed by atoms with van der Waals surface area (Å²) in [7, 11) is 1.24. The molecule has 1 heterocycles. The maximum atomic E-state index is 11.1. The van der Waals surface area contributed by atoms with Gasteiger partial charge in [0.2, 0.25) is 0 Å². The number of aromatic nitrogens is 2. The first-order valence-electron chi connectivity index (χ1n) is 3.47. The number of esters is 1. The van der Waals surface area contributed by atoms with E-state index < -0.39 is 5.97 Å². The first kappa shape index (κ1) is 9.66. The standard InChI is InChI=1S/C7H8N2O3S/c1-3-4(6(11)12-2)8-7(13)9-5(3)10/h1-2H3,(H2,8,9,10,13). The summed E-state index contributed by atoms with van der Waals surface area (Å²) in [6, 6.07) is 0. The van der Waals surface area contributed by atoms with Crippen molar-refractivity contribution < 1.29 is 9.53 Å². The van der Waals surface area contributed by atoms with E-state index >= 15 is 0 Å². The zero-order valence-electron chi connectivity index (χ0n) is 7.13. The zero-order valence-corrected chi connectivity index (χ0v) is 7.95. The first-order chi connectivity index (χ1) is 6.06. The van der Waals surface area contributed by atoms with E-state index in [1.807, 2.05) is 0 Å². The summed E-state index contributed by atoms with van der Waals surface area (Å²) < 4.78 is 4.57. The number of hydrogen-bond acceptors (Lipinski definition) is 4. The molecule has 1 aromatic heterocycles. The van der Waals surface area contributed by atoms with Gasteiger partial charge >= 0.3 is 5.97 Å². The van der Waals surface area contributed by atoms with Gasteiger partial charge in [-0.3, -0.25) is 9.78 Å². The number of nitrogens with one attached hydrogen (secondary N) is 2. The third kappa shape index (κ3) is 1.83. The number of H-pyrrole nitrogens is 2. The van der Waals surface area contributed by atoms with Gasteiger partial charge in [-0.05, 0) is 19.1 Å². The molecule has 0 aliphatic carbocycles. The van der Waals surface area contributed by atoms with Crippen LogP contribution in [0.4, 0.5) is 0 Å². The quantitative estimate of drug-likeness (QED) is 0.512. The highest BCUT2D eigenvalue weighted by Gasteiger charge is 2.11. The molecule has 2 N–H and O–H groups in total. The molecular weight excluding hydrogens is 192 g/mol. The van der Waals surface area contributed by atoms with E-state index in [1.165, 1.54) is 14.0 Å². The van der Waals surface area contributed by atoms with Crippen LogP contribution in [0.3, 0.4) is 0 Å². The smallest absolute Gasteiger partial charge is 0.355 e. The fourth-order valence-electron chi connectivity index (χ4n) is 0.855. The normalized spacial score (nSPS) is 9.69. The lowest BCUT2D eigenvalue weighted by Crippen LogP contribution is -2.18. The third-order valence-corrected chi connectivity index (χ3v) is 1.77. The van der Waals surface area contributed by atoms with Gasteiger partial charge in [-0.2, -0.15) is 0 Å². The van der Waals surface area contributed by atoms with Gasteiger partial charge in [-0.15, -0.1) is 0 Å². The molecule has 1 aromatic rings. The van der Waals surface area contributed by atoms with Crippen LogP contribution in [0.2, 0.25) is 0 Å². The molecule has 0 saturated heterocycles. The van der Waals surface area contributed by atoms with E-state index in [-0.39, 0.29) is 21.6 Å². The van der Waals surface area contributed by atoms with Crippen LogP contribution in [0.1, 0.15) is 16.1 Å². The summed E-state index contributed by atoms with van der Waals surface area (Å²) >= 11 is 4.69. The molecule has 70 valence electrons. The molecule has 0 radical (unpaired) electrons. The van der Waals surface area contributed by atoms with Crippen molar-refractivity contribution in [1.82, 2.24) is 9.97 Å². The molecule has 6 heteroatoms. The molecule has 1 rings (SSSR count). The Morgan fingerprint density at radius 1 is 1.46 bits per heavy atom. The predicted octanol–water partition coefficient (Wildman–Crippen LogP) is 0.528. The van der Waals surface area contributed by atoms with Crippen LogP contribution in [0.25, 0.3) is 0 Å². The highest BCUT2D eigenvalue weighted by Crippen LogP contribution is 1.98. The van der Waals surface area contributed by atoms with Crippen LogP contribution in [0.5, 0.6) is 0 Å². The number of carbonyl (C=O) groups is 1. The van der Waals surface area contributed by atoms with Gasteiger partial charge in [0, 0.05) is 5.56 Å². The first-order valence-corrected chi connectivity index (χ1v) is 3.88. The highest BCUT2D eigenvalue weighted by molar-refractivity contribution is 7.71. The summed E-state index contributed by atoms with van der Waals surface area (Å²) in [5.74, 6) is -0.602. The predicted molar refractivity (Wildman–Crippen MR) is 48.3 cm³/mol. The van der Waals surface area contributed by atoms with Crippen molar-refractivity contribution in [3.63, 3.8) is 0 Å². The van der Waals surface area contributed by atoms with Crippen LogP contribution >= 0.6 is 12.2 Å². The lowest BCUT2D eigenvalue weighted by Gasteiger charge is -2.01. The Balaban J connectivity index is 3.46. The van der Waals surface area contributed by atoms with E-state index in [2.05, 4.69) is 14.7 Å². The molecule has 13 heavy (non-hydrogen) atoms. The van der Waals surface area contributed by atoms with Crippen molar-refractivity contribution in [2.45, 2.75) is 6.92 Å². The van der Waals surface area contributed by atoms with E-state index in [0.717, 1.165) is 0 Å². The molecule has 5 nitrogen and oxygen atoms in total. The summed E-state index contributed by atoms with van der Waals surface area (Å²) in [6.07, 6.45) is 0. The number of ether oxygens (including phenoxy) is 1. The maximum Gasteiger partial charge on any atom is 0.355 e. The maximum absolute atomic E-state index is 11.1. The second kappa shape index (κ2) is 3.53. The number of carbonyl (C=O) groups excluding carboxylic acids is 1. The van der Waals surface area contributed by atoms with Gasteiger partial charge in [-0.25, -0.2) is 4.79 Å². The highest BCUT2D eigenvalue weighted by atomic mass is 32.1. The Bertz CT molecular complexity index is 446. The minimum Gasteiger partial charge on any atom is -0.464 e. The second-order valence-corrected chi connectivity index (χ2v) is 2.81.